The van der Waals surface area contributed by atoms with Crippen molar-refractivity contribution < 1.29 is 9.47 Å². The maximum Gasteiger partial charge on any atom is 0.173 e. The van der Waals surface area contributed by atoms with Gasteiger partial charge in [-0.1, -0.05) is 63.2 Å². The average Bonchev–Trinajstić information content (AvgIpc) is 3.35. The summed E-state index contributed by atoms with van der Waals surface area (Å²) < 4.78 is 12.2. The van der Waals surface area contributed by atoms with Crippen molar-refractivity contribution in [3.05, 3.63) is 89.5 Å². The maximum atomic E-state index is 6.15. The molecular weight excluding hydrogens is 514 g/mol. The molecule has 1 aliphatic heterocycles. The lowest BCUT2D eigenvalue weighted by atomic mass is 9.87. The molecule has 5 nitrogen and oxygen atoms in total. The van der Waals surface area contributed by atoms with Crippen LogP contribution in [-0.4, -0.2) is 48.4 Å². The molecule has 1 saturated carbocycles. The number of piperidine rings is 1. The van der Waals surface area contributed by atoms with Crippen LogP contribution in [0.25, 0.3) is 0 Å². The Balaban J connectivity index is 0.971. The fraction of sp³-hybridized carbons (Fsp3) is 0.441. The van der Waals surface area contributed by atoms with Gasteiger partial charge in [-0.25, -0.2) is 0 Å². The smallest absolute Gasteiger partial charge is 0.173 e. The first-order valence-electron chi connectivity index (χ1n) is 14.5. The number of anilines is 1. The maximum absolute atomic E-state index is 6.15. The zero-order chi connectivity index (χ0) is 28.3. The Labute approximate surface area is 245 Å². The largest absolute Gasteiger partial charge is 0.492 e. The molecule has 1 heterocycles. The van der Waals surface area contributed by atoms with Crippen LogP contribution in [0.1, 0.15) is 44.4 Å². The Morgan fingerprint density at radius 1 is 0.950 bits per heavy atom. The predicted octanol–water partition coefficient (Wildman–Crippen LogP) is 6.60. The Kier molecular flexibility index (Phi) is 8.67. The first kappa shape index (κ1) is 28.4. The zero-order valence-electron chi connectivity index (χ0n) is 24.4. The third kappa shape index (κ3) is 7.15. The van der Waals surface area contributed by atoms with Crippen LogP contribution in [0.5, 0.6) is 11.5 Å². The summed E-state index contributed by atoms with van der Waals surface area (Å²) in [5, 5.41) is 7.94. The molecule has 5 rings (SSSR count). The average molecular weight is 558 g/mol. The van der Waals surface area contributed by atoms with Crippen LogP contribution in [-0.2, 0) is 11.8 Å². The number of benzene rings is 3. The van der Waals surface area contributed by atoms with Gasteiger partial charge in [-0.2, -0.15) is 0 Å². The molecule has 2 fully saturated rings. The molecule has 0 bridgehead atoms. The molecule has 0 amide bonds. The van der Waals surface area contributed by atoms with Crippen LogP contribution in [0.4, 0.5) is 5.69 Å². The molecule has 0 radical (unpaired) electrons. The number of likely N-dealkylation sites (tertiary alicyclic amines) is 1. The lowest BCUT2D eigenvalue weighted by Gasteiger charge is -2.24. The summed E-state index contributed by atoms with van der Waals surface area (Å²) >= 11 is 5.67. The normalized spacial score (nSPS) is 20.5. The Morgan fingerprint density at radius 2 is 1.60 bits per heavy atom. The number of aryl methyl sites for hydroxylation is 1. The van der Waals surface area contributed by atoms with Gasteiger partial charge in [-0.05, 0) is 90.3 Å². The van der Waals surface area contributed by atoms with Crippen molar-refractivity contribution in [1.29, 1.82) is 0 Å². The molecule has 3 aromatic rings. The second-order valence-corrected chi connectivity index (χ2v) is 12.7. The first-order chi connectivity index (χ1) is 19.2. The monoisotopic (exact) mass is 557 g/mol. The highest BCUT2D eigenvalue weighted by molar-refractivity contribution is 7.80. The van der Waals surface area contributed by atoms with Crippen molar-refractivity contribution in [3.63, 3.8) is 0 Å². The van der Waals surface area contributed by atoms with Gasteiger partial charge in [-0.15, -0.1) is 0 Å². The van der Waals surface area contributed by atoms with Crippen LogP contribution in [0.15, 0.2) is 72.8 Å². The van der Waals surface area contributed by atoms with Crippen molar-refractivity contribution in [3.8, 4) is 11.5 Å². The minimum absolute atomic E-state index is 0.0953. The molecule has 1 unspecified atom stereocenters. The van der Waals surface area contributed by atoms with E-state index in [1.165, 1.54) is 16.7 Å². The van der Waals surface area contributed by atoms with Crippen LogP contribution < -0.4 is 20.1 Å². The molecule has 212 valence electrons. The Hall–Kier alpha value is -3.09. The molecule has 0 aromatic heterocycles. The summed E-state index contributed by atoms with van der Waals surface area (Å²) in [6.07, 6.45) is 0.951. The minimum Gasteiger partial charge on any atom is -0.492 e. The van der Waals surface area contributed by atoms with E-state index in [-0.39, 0.29) is 11.5 Å². The topological polar surface area (TPSA) is 45.8 Å². The molecule has 3 aromatic carbocycles. The summed E-state index contributed by atoms with van der Waals surface area (Å²) in [5.74, 6) is 3.18. The molecule has 1 aliphatic carbocycles. The van der Waals surface area contributed by atoms with E-state index in [4.69, 9.17) is 21.7 Å². The van der Waals surface area contributed by atoms with Gasteiger partial charge >= 0.3 is 0 Å². The second-order valence-electron chi connectivity index (χ2n) is 12.4. The van der Waals surface area contributed by atoms with Gasteiger partial charge in [0, 0.05) is 37.8 Å². The number of fused-ring (bicyclic) bond motifs is 1. The Morgan fingerprint density at radius 3 is 2.25 bits per heavy atom. The van der Waals surface area contributed by atoms with Crippen LogP contribution in [0.2, 0.25) is 0 Å². The van der Waals surface area contributed by atoms with Gasteiger partial charge < -0.3 is 25.0 Å². The number of nitrogens with zero attached hydrogens (tertiary/aromatic N) is 1. The summed E-state index contributed by atoms with van der Waals surface area (Å²) in [4.78, 5) is 2.31. The van der Waals surface area contributed by atoms with E-state index >= 15 is 0 Å². The van der Waals surface area contributed by atoms with E-state index in [1.807, 2.05) is 6.07 Å². The second kappa shape index (κ2) is 12.2. The van der Waals surface area contributed by atoms with Crippen LogP contribution in [0, 0.1) is 18.8 Å². The molecule has 1 saturated heterocycles. The molecule has 0 spiro atoms. The Bertz CT molecular complexity index is 1270. The molecule has 4 atom stereocenters. The number of hydrogen-bond donors (Lipinski definition) is 2. The van der Waals surface area contributed by atoms with E-state index in [9.17, 15) is 0 Å². The number of nitrogens with one attached hydrogen (secondary N) is 2. The van der Waals surface area contributed by atoms with Gasteiger partial charge in [-0.3, -0.25) is 0 Å². The van der Waals surface area contributed by atoms with E-state index in [1.54, 1.807) is 0 Å². The highest BCUT2D eigenvalue weighted by Gasteiger charge is 2.55. The molecule has 6 heteroatoms. The highest BCUT2D eigenvalue weighted by Crippen LogP contribution is 2.45. The van der Waals surface area contributed by atoms with Crippen molar-refractivity contribution in [2.75, 3.05) is 31.6 Å². The van der Waals surface area contributed by atoms with E-state index in [2.05, 4.69) is 117 Å². The van der Waals surface area contributed by atoms with Crippen molar-refractivity contribution >= 4 is 23.0 Å². The van der Waals surface area contributed by atoms with Crippen LogP contribution >= 0.6 is 12.2 Å². The summed E-state index contributed by atoms with van der Waals surface area (Å²) in [5.41, 5.74) is 5.02. The number of para-hydroxylation sites is 1. The third-order valence-corrected chi connectivity index (χ3v) is 8.48. The van der Waals surface area contributed by atoms with Gasteiger partial charge in [0.2, 0.25) is 0 Å². The summed E-state index contributed by atoms with van der Waals surface area (Å²) in [6.45, 7) is 14.5. The fourth-order valence-corrected chi connectivity index (χ4v) is 5.92. The number of hydrogen-bond acceptors (Lipinski definition) is 4. The predicted molar refractivity (Wildman–Crippen MR) is 169 cm³/mol. The zero-order valence-corrected chi connectivity index (χ0v) is 25.3. The minimum atomic E-state index is 0.0953. The standard InChI is InChI=1S/C34H43N3O2S/c1-23-8-6-7-9-31(23)36-33(40)37-21-29-30(22-37)32(29)35-18-19-38-27-14-10-25(11-15-27)20-24(2)39-28-16-12-26(13-17-28)34(3,4)5/h6-17,24,29-30,32,35H,18-22H2,1-5H3,(H,36,40)/t24-,29-,30+,32?/m1/s1. The summed E-state index contributed by atoms with van der Waals surface area (Å²) in [7, 11) is 0. The third-order valence-electron chi connectivity index (χ3n) is 8.12. The van der Waals surface area contributed by atoms with Gasteiger partial charge in [0.15, 0.2) is 5.11 Å². The lowest BCUT2D eigenvalue weighted by molar-refractivity contribution is 0.222. The first-order valence-corrected chi connectivity index (χ1v) is 14.9. The van der Waals surface area contributed by atoms with E-state index in [0.29, 0.717) is 24.5 Å². The molecule has 2 aliphatic rings. The molecule has 40 heavy (non-hydrogen) atoms. The lowest BCUT2D eigenvalue weighted by Crippen LogP contribution is -2.38. The van der Waals surface area contributed by atoms with E-state index < -0.39 is 0 Å². The number of thiocarbonyl (C=S) groups is 1. The quantitative estimate of drug-likeness (QED) is 0.216. The van der Waals surface area contributed by atoms with Crippen molar-refractivity contribution in [2.24, 2.45) is 11.8 Å². The molecule has 2 N–H and O–H groups in total. The number of ether oxygens (including phenoxy) is 2. The van der Waals surface area contributed by atoms with Crippen molar-refractivity contribution in [2.45, 2.75) is 58.6 Å². The van der Waals surface area contributed by atoms with Gasteiger partial charge in [0.1, 0.15) is 18.1 Å². The molecular formula is C34H43N3O2S. The van der Waals surface area contributed by atoms with E-state index in [0.717, 1.165) is 48.4 Å². The summed E-state index contributed by atoms with van der Waals surface area (Å²) in [6, 6.07) is 25.7. The highest BCUT2D eigenvalue weighted by atomic mass is 32.1. The van der Waals surface area contributed by atoms with Crippen LogP contribution in [0.3, 0.4) is 0 Å². The SMILES string of the molecule is Cc1ccccc1NC(=S)N1C[C@@H]2C(NCCOc3ccc(C[C@@H](C)Oc4ccc(C(C)(C)C)cc4)cc3)[C@@H]2C1. The van der Waals surface area contributed by atoms with Gasteiger partial charge in [0.25, 0.3) is 0 Å². The van der Waals surface area contributed by atoms with Crippen molar-refractivity contribution in [1.82, 2.24) is 10.2 Å². The fourth-order valence-electron chi connectivity index (χ4n) is 5.66. The van der Waals surface area contributed by atoms with Gasteiger partial charge in [0.05, 0.1) is 6.10 Å². The number of rotatable bonds is 10.